The van der Waals surface area contributed by atoms with Crippen LogP contribution in [0.2, 0.25) is 0 Å². The predicted molar refractivity (Wildman–Crippen MR) is 83.4 cm³/mol. The molecule has 0 heterocycles. The van der Waals surface area contributed by atoms with Gasteiger partial charge in [-0.05, 0) is 48.6 Å². The third-order valence-corrected chi connectivity index (χ3v) is 4.01. The number of nitrogens with one attached hydrogen (secondary N) is 1. The Bertz CT molecular complexity index is 713. The van der Waals surface area contributed by atoms with Gasteiger partial charge in [0.15, 0.2) is 0 Å². The van der Waals surface area contributed by atoms with E-state index in [-0.39, 0.29) is 16.7 Å². The predicted octanol–water partition coefficient (Wildman–Crippen LogP) is 3.58. The molecule has 1 aliphatic rings. The molecule has 0 amide bonds. The Morgan fingerprint density at radius 1 is 1.33 bits per heavy atom. The van der Waals surface area contributed by atoms with Crippen molar-refractivity contribution < 1.29 is 4.92 Å². The first-order chi connectivity index (χ1) is 10.1. The minimum absolute atomic E-state index is 0.0976. The molecular weight excluding hydrogens is 266 g/mol. The summed E-state index contributed by atoms with van der Waals surface area (Å²) in [4.78, 5) is 10.8. The van der Waals surface area contributed by atoms with Crippen molar-refractivity contribution in [1.29, 1.82) is 0 Å². The lowest BCUT2D eigenvalue weighted by Crippen LogP contribution is -2.10. The fourth-order valence-electron chi connectivity index (χ4n) is 2.95. The number of nitrogens with zero attached hydrogens (tertiary/aromatic N) is 1. The van der Waals surface area contributed by atoms with E-state index in [2.05, 4.69) is 5.32 Å². The second kappa shape index (κ2) is 5.09. The number of fused-ring (bicyclic) bond motifs is 1. The van der Waals surface area contributed by atoms with Crippen LogP contribution in [0.15, 0.2) is 36.4 Å². The molecule has 1 atom stereocenters. The van der Waals surface area contributed by atoms with Crippen LogP contribution in [0, 0.1) is 17.0 Å². The number of hydrogen-bond donors (Lipinski definition) is 2. The van der Waals surface area contributed by atoms with Gasteiger partial charge in [-0.15, -0.1) is 0 Å². The van der Waals surface area contributed by atoms with Gasteiger partial charge in [0, 0.05) is 11.8 Å². The zero-order chi connectivity index (χ0) is 15.0. The van der Waals surface area contributed by atoms with E-state index in [1.165, 1.54) is 17.2 Å². The van der Waals surface area contributed by atoms with E-state index in [0.29, 0.717) is 5.69 Å². The second-order valence-electron chi connectivity index (χ2n) is 5.42. The molecule has 2 aromatic carbocycles. The van der Waals surface area contributed by atoms with Crippen LogP contribution in [0.1, 0.15) is 29.2 Å². The third-order valence-electron chi connectivity index (χ3n) is 4.01. The highest BCUT2D eigenvalue weighted by atomic mass is 16.6. The van der Waals surface area contributed by atoms with Crippen LogP contribution >= 0.6 is 0 Å². The topological polar surface area (TPSA) is 81.2 Å². The molecule has 2 aromatic rings. The zero-order valence-corrected chi connectivity index (χ0v) is 11.8. The van der Waals surface area contributed by atoms with Crippen LogP contribution in [-0.2, 0) is 6.42 Å². The summed E-state index contributed by atoms with van der Waals surface area (Å²) in [5.41, 5.74) is 10.6. The first-order valence-corrected chi connectivity index (χ1v) is 6.95. The standard InChI is InChI=1S/C16H17N3O2/c1-10-3-2-4-15(19(20)21)16(10)18-14-8-5-11-9-12(17)6-7-13(11)14/h2-4,6-7,9,14,18H,5,8,17H2,1H3. The van der Waals surface area contributed by atoms with E-state index in [0.717, 1.165) is 24.1 Å². The van der Waals surface area contributed by atoms with Crippen LogP contribution < -0.4 is 11.1 Å². The van der Waals surface area contributed by atoms with E-state index in [4.69, 9.17) is 5.73 Å². The minimum Gasteiger partial charge on any atom is -0.399 e. The molecule has 108 valence electrons. The molecule has 0 bridgehead atoms. The Hall–Kier alpha value is -2.56. The number of nitro benzene ring substituents is 1. The lowest BCUT2D eigenvalue weighted by Gasteiger charge is -2.17. The lowest BCUT2D eigenvalue weighted by molar-refractivity contribution is -0.384. The number of para-hydroxylation sites is 1. The number of aryl methyl sites for hydroxylation is 2. The maximum atomic E-state index is 11.2. The summed E-state index contributed by atoms with van der Waals surface area (Å²) in [5, 5.41) is 14.5. The molecule has 0 fully saturated rings. The van der Waals surface area contributed by atoms with Gasteiger partial charge in [-0.25, -0.2) is 0 Å². The van der Waals surface area contributed by atoms with Crippen LogP contribution in [-0.4, -0.2) is 4.92 Å². The smallest absolute Gasteiger partial charge is 0.292 e. The molecule has 0 aromatic heterocycles. The summed E-state index contributed by atoms with van der Waals surface area (Å²) in [6, 6.07) is 11.1. The van der Waals surface area contributed by atoms with E-state index < -0.39 is 0 Å². The van der Waals surface area contributed by atoms with Gasteiger partial charge in [-0.3, -0.25) is 10.1 Å². The number of nitrogen functional groups attached to an aromatic ring is 1. The van der Waals surface area contributed by atoms with Crippen molar-refractivity contribution in [2.45, 2.75) is 25.8 Å². The van der Waals surface area contributed by atoms with Gasteiger partial charge in [-0.2, -0.15) is 0 Å². The van der Waals surface area contributed by atoms with Gasteiger partial charge in [-0.1, -0.05) is 18.2 Å². The quantitative estimate of drug-likeness (QED) is 0.512. The number of nitro groups is 1. The molecule has 0 aliphatic heterocycles. The molecule has 0 saturated carbocycles. The van der Waals surface area contributed by atoms with Gasteiger partial charge in [0.2, 0.25) is 0 Å². The molecule has 5 nitrogen and oxygen atoms in total. The van der Waals surface area contributed by atoms with Crippen LogP contribution in [0.5, 0.6) is 0 Å². The van der Waals surface area contributed by atoms with Crippen molar-refractivity contribution in [3.8, 4) is 0 Å². The SMILES string of the molecule is Cc1cccc([N+](=O)[O-])c1NC1CCc2cc(N)ccc21. The number of benzene rings is 2. The molecular formula is C16H17N3O2. The molecule has 21 heavy (non-hydrogen) atoms. The van der Waals surface area contributed by atoms with Crippen LogP contribution in [0.3, 0.4) is 0 Å². The molecule has 3 N–H and O–H groups in total. The Balaban J connectivity index is 1.95. The number of rotatable bonds is 3. The zero-order valence-electron chi connectivity index (χ0n) is 11.8. The van der Waals surface area contributed by atoms with Crippen molar-refractivity contribution in [3.63, 3.8) is 0 Å². The average Bonchev–Trinajstić information content (AvgIpc) is 2.83. The first-order valence-electron chi connectivity index (χ1n) is 6.95. The number of hydrogen-bond acceptors (Lipinski definition) is 4. The minimum atomic E-state index is -0.339. The van der Waals surface area contributed by atoms with Gasteiger partial charge in [0.25, 0.3) is 5.69 Å². The molecule has 1 unspecified atom stereocenters. The van der Waals surface area contributed by atoms with Crippen molar-refractivity contribution in [2.24, 2.45) is 0 Å². The van der Waals surface area contributed by atoms with E-state index in [1.807, 2.05) is 31.2 Å². The van der Waals surface area contributed by atoms with Crippen LogP contribution in [0.25, 0.3) is 0 Å². The summed E-state index contributed by atoms with van der Waals surface area (Å²) in [5.74, 6) is 0. The maximum absolute atomic E-state index is 11.2. The number of anilines is 2. The second-order valence-corrected chi connectivity index (χ2v) is 5.42. The highest BCUT2D eigenvalue weighted by Gasteiger charge is 2.25. The van der Waals surface area contributed by atoms with E-state index in [1.54, 1.807) is 6.07 Å². The van der Waals surface area contributed by atoms with Crippen molar-refractivity contribution in [2.75, 3.05) is 11.1 Å². The summed E-state index contributed by atoms with van der Waals surface area (Å²) in [7, 11) is 0. The molecule has 3 rings (SSSR count). The summed E-state index contributed by atoms with van der Waals surface area (Å²) in [6.45, 7) is 1.88. The Kier molecular flexibility index (Phi) is 3.25. The van der Waals surface area contributed by atoms with Gasteiger partial charge in [0.1, 0.15) is 5.69 Å². The summed E-state index contributed by atoms with van der Waals surface area (Å²) < 4.78 is 0. The van der Waals surface area contributed by atoms with Crippen LogP contribution in [0.4, 0.5) is 17.1 Å². The molecule has 0 radical (unpaired) electrons. The highest BCUT2D eigenvalue weighted by molar-refractivity contribution is 5.67. The molecule has 0 saturated heterocycles. The summed E-state index contributed by atoms with van der Waals surface area (Å²) >= 11 is 0. The van der Waals surface area contributed by atoms with Crippen molar-refractivity contribution in [3.05, 3.63) is 63.2 Å². The molecule has 5 heteroatoms. The highest BCUT2D eigenvalue weighted by Crippen LogP contribution is 2.38. The van der Waals surface area contributed by atoms with E-state index >= 15 is 0 Å². The van der Waals surface area contributed by atoms with E-state index in [9.17, 15) is 10.1 Å². The third kappa shape index (κ3) is 2.42. The average molecular weight is 283 g/mol. The number of nitrogens with two attached hydrogens (primary N) is 1. The largest absolute Gasteiger partial charge is 0.399 e. The lowest BCUT2D eigenvalue weighted by atomic mass is 10.1. The fourth-order valence-corrected chi connectivity index (χ4v) is 2.95. The first kappa shape index (κ1) is 13.4. The maximum Gasteiger partial charge on any atom is 0.292 e. The van der Waals surface area contributed by atoms with Gasteiger partial charge < -0.3 is 11.1 Å². The summed E-state index contributed by atoms with van der Waals surface area (Å²) in [6.07, 6.45) is 1.86. The van der Waals surface area contributed by atoms with Gasteiger partial charge >= 0.3 is 0 Å². The molecule has 0 spiro atoms. The molecule has 1 aliphatic carbocycles. The fraction of sp³-hybridized carbons (Fsp3) is 0.250. The van der Waals surface area contributed by atoms with Crippen molar-refractivity contribution in [1.82, 2.24) is 0 Å². The van der Waals surface area contributed by atoms with Gasteiger partial charge in [0.05, 0.1) is 11.0 Å². The Morgan fingerprint density at radius 3 is 2.90 bits per heavy atom. The normalized spacial score (nSPS) is 16.5. The Labute approximate surface area is 122 Å². The Morgan fingerprint density at radius 2 is 2.14 bits per heavy atom. The monoisotopic (exact) mass is 283 g/mol. The van der Waals surface area contributed by atoms with Crippen molar-refractivity contribution >= 4 is 17.1 Å².